The summed E-state index contributed by atoms with van der Waals surface area (Å²) < 4.78 is 8.92. The zero-order valence-corrected chi connectivity index (χ0v) is 13.1. The number of nitrogens with zero attached hydrogens (tertiary/aromatic N) is 2. The lowest BCUT2D eigenvalue weighted by molar-refractivity contribution is 0.352. The Morgan fingerprint density at radius 1 is 1.45 bits per heavy atom. The number of halogens is 1. The van der Waals surface area contributed by atoms with Crippen molar-refractivity contribution >= 4 is 15.9 Å². The largest absolute Gasteiger partial charge is 0.493 e. The van der Waals surface area contributed by atoms with Gasteiger partial charge in [0.25, 0.3) is 0 Å². The smallest absolute Gasteiger partial charge is 0.127 e. The van der Waals surface area contributed by atoms with E-state index in [4.69, 9.17) is 4.74 Å². The summed E-state index contributed by atoms with van der Waals surface area (Å²) in [5, 5.41) is 7.76. The molecule has 1 aliphatic rings. The van der Waals surface area contributed by atoms with E-state index in [-0.39, 0.29) is 0 Å². The summed E-state index contributed by atoms with van der Waals surface area (Å²) in [6, 6.07) is 6.33. The van der Waals surface area contributed by atoms with Crippen molar-refractivity contribution in [1.82, 2.24) is 15.1 Å². The molecule has 2 aromatic rings. The van der Waals surface area contributed by atoms with Gasteiger partial charge in [-0.05, 0) is 30.3 Å². The van der Waals surface area contributed by atoms with Gasteiger partial charge < -0.3 is 10.1 Å². The van der Waals surface area contributed by atoms with Crippen LogP contribution < -0.4 is 10.1 Å². The van der Waals surface area contributed by atoms with Crippen molar-refractivity contribution in [2.75, 3.05) is 13.2 Å². The van der Waals surface area contributed by atoms with Crippen LogP contribution in [0, 0.1) is 0 Å². The Hall–Kier alpha value is -1.33. The third kappa shape index (κ3) is 2.74. The van der Waals surface area contributed by atoms with Crippen molar-refractivity contribution in [3.63, 3.8) is 0 Å². The lowest BCUT2D eigenvalue weighted by atomic mass is 10.1. The third-order valence-corrected chi connectivity index (χ3v) is 3.96. The van der Waals surface area contributed by atoms with Gasteiger partial charge in [-0.1, -0.05) is 22.9 Å². The number of aromatic nitrogens is 2. The van der Waals surface area contributed by atoms with Crippen LogP contribution in [0.15, 0.2) is 28.9 Å². The fraction of sp³-hybridized carbons (Fsp3) is 0.400. The Morgan fingerprint density at radius 2 is 2.35 bits per heavy atom. The highest BCUT2D eigenvalue weighted by Gasteiger charge is 2.18. The van der Waals surface area contributed by atoms with Crippen LogP contribution in [0.4, 0.5) is 0 Å². The Labute approximate surface area is 127 Å². The van der Waals surface area contributed by atoms with Crippen LogP contribution in [0.2, 0.25) is 0 Å². The number of hydrogen-bond donors (Lipinski definition) is 1. The van der Waals surface area contributed by atoms with E-state index >= 15 is 0 Å². The molecule has 0 unspecified atom stereocenters. The zero-order valence-electron chi connectivity index (χ0n) is 11.5. The van der Waals surface area contributed by atoms with E-state index in [0.717, 1.165) is 42.9 Å². The Morgan fingerprint density at radius 3 is 3.20 bits per heavy atom. The molecule has 1 N–H and O–H groups in total. The fourth-order valence-electron chi connectivity index (χ4n) is 2.53. The maximum absolute atomic E-state index is 5.78. The van der Waals surface area contributed by atoms with Crippen LogP contribution in [0.3, 0.4) is 0 Å². The van der Waals surface area contributed by atoms with Gasteiger partial charge in [0, 0.05) is 29.2 Å². The molecule has 3 rings (SSSR count). The quantitative estimate of drug-likeness (QED) is 0.913. The monoisotopic (exact) mass is 335 g/mol. The molecule has 1 aromatic carbocycles. The normalized spacial score (nSPS) is 13.3. The molecule has 1 aromatic heterocycles. The zero-order chi connectivity index (χ0) is 13.9. The van der Waals surface area contributed by atoms with Crippen molar-refractivity contribution in [3.05, 3.63) is 45.7 Å². The predicted molar refractivity (Wildman–Crippen MR) is 82.1 cm³/mol. The van der Waals surface area contributed by atoms with Crippen molar-refractivity contribution in [3.8, 4) is 5.75 Å². The van der Waals surface area contributed by atoms with Gasteiger partial charge >= 0.3 is 0 Å². The van der Waals surface area contributed by atoms with Gasteiger partial charge in [0.1, 0.15) is 5.75 Å². The second-order valence-electron chi connectivity index (χ2n) is 4.91. The van der Waals surface area contributed by atoms with Gasteiger partial charge in [0.15, 0.2) is 0 Å². The number of benzene rings is 1. The molecule has 0 atom stereocenters. The van der Waals surface area contributed by atoms with E-state index in [1.54, 1.807) is 0 Å². The van der Waals surface area contributed by atoms with Crippen molar-refractivity contribution in [2.24, 2.45) is 0 Å². The first-order valence-electron chi connectivity index (χ1n) is 6.93. The van der Waals surface area contributed by atoms with Crippen LogP contribution in [0.5, 0.6) is 5.75 Å². The number of hydrogen-bond acceptors (Lipinski definition) is 3. The fourth-order valence-corrected chi connectivity index (χ4v) is 3.08. The first kappa shape index (κ1) is 13.6. The van der Waals surface area contributed by atoms with Crippen LogP contribution >= 0.6 is 15.9 Å². The molecular formula is C15H18BrN3O. The minimum Gasteiger partial charge on any atom is -0.493 e. The van der Waals surface area contributed by atoms with E-state index in [2.05, 4.69) is 51.5 Å². The molecule has 0 radical (unpaired) electrons. The minimum atomic E-state index is 0.746. The first-order valence-corrected chi connectivity index (χ1v) is 7.72. The van der Waals surface area contributed by atoms with Crippen LogP contribution in [-0.2, 0) is 19.5 Å². The Bertz CT molecular complexity index is 609. The molecule has 4 nitrogen and oxygen atoms in total. The lowest BCUT2D eigenvalue weighted by Gasteiger charge is -2.12. The molecule has 2 heterocycles. The number of nitrogens with one attached hydrogen (secondary N) is 1. The highest BCUT2D eigenvalue weighted by Crippen LogP contribution is 2.33. The SMILES string of the molecule is CCNCc1ccnn1Cc1cc(Br)cc2c1OCC2. The van der Waals surface area contributed by atoms with Crippen molar-refractivity contribution in [2.45, 2.75) is 26.4 Å². The average molecular weight is 336 g/mol. The molecule has 0 amide bonds. The first-order chi connectivity index (χ1) is 9.78. The van der Waals surface area contributed by atoms with Gasteiger partial charge in [-0.2, -0.15) is 5.10 Å². The Balaban J connectivity index is 1.87. The molecule has 0 fully saturated rings. The summed E-state index contributed by atoms with van der Waals surface area (Å²) in [6.07, 6.45) is 2.84. The van der Waals surface area contributed by atoms with E-state index in [1.165, 1.54) is 16.8 Å². The van der Waals surface area contributed by atoms with Crippen LogP contribution in [0.25, 0.3) is 0 Å². The second-order valence-corrected chi connectivity index (χ2v) is 5.83. The number of rotatable bonds is 5. The van der Waals surface area contributed by atoms with Crippen molar-refractivity contribution < 1.29 is 4.74 Å². The summed E-state index contributed by atoms with van der Waals surface area (Å²) >= 11 is 3.58. The van der Waals surface area contributed by atoms with E-state index in [0.29, 0.717) is 0 Å². The molecule has 106 valence electrons. The minimum absolute atomic E-state index is 0.746. The maximum atomic E-state index is 5.78. The second kappa shape index (κ2) is 5.97. The van der Waals surface area contributed by atoms with Gasteiger partial charge in [0.05, 0.1) is 18.8 Å². The Kier molecular flexibility index (Phi) is 4.08. The molecule has 5 heteroatoms. The number of ether oxygens (including phenoxy) is 1. The van der Waals surface area contributed by atoms with Crippen LogP contribution in [0.1, 0.15) is 23.7 Å². The summed E-state index contributed by atoms with van der Waals surface area (Å²) in [7, 11) is 0. The van der Waals surface area contributed by atoms with E-state index in [9.17, 15) is 0 Å². The predicted octanol–water partition coefficient (Wildman–Crippen LogP) is 2.74. The lowest BCUT2D eigenvalue weighted by Crippen LogP contribution is -2.16. The third-order valence-electron chi connectivity index (χ3n) is 3.51. The molecular weight excluding hydrogens is 318 g/mol. The standard InChI is InChI=1S/C15H18BrN3O/c1-2-17-9-14-3-5-18-19(14)10-12-8-13(16)7-11-4-6-20-15(11)12/h3,5,7-8,17H,2,4,6,9-10H2,1H3. The van der Waals surface area contributed by atoms with Gasteiger partial charge in [0.2, 0.25) is 0 Å². The molecule has 0 saturated carbocycles. The highest BCUT2D eigenvalue weighted by molar-refractivity contribution is 9.10. The molecule has 20 heavy (non-hydrogen) atoms. The molecule has 0 aliphatic carbocycles. The number of fused-ring (bicyclic) bond motifs is 1. The summed E-state index contributed by atoms with van der Waals surface area (Å²) in [5.41, 5.74) is 3.67. The summed E-state index contributed by atoms with van der Waals surface area (Å²) in [5.74, 6) is 1.04. The van der Waals surface area contributed by atoms with E-state index in [1.807, 2.05) is 10.9 Å². The molecule has 1 aliphatic heterocycles. The molecule has 0 saturated heterocycles. The van der Waals surface area contributed by atoms with Crippen molar-refractivity contribution in [1.29, 1.82) is 0 Å². The van der Waals surface area contributed by atoms with Crippen LogP contribution in [-0.4, -0.2) is 22.9 Å². The molecule has 0 spiro atoms. The van der Waals surface area contributed by atoms with Gasteiger partial charge in [-0.3, -0.25) is 4.68 Å². The summed E-state index contributed by atoms with van der Waals surface area (Å²) in [4.78, 5) is 0. The van der Waals surface area contributed by atoms with E-state index < -0.39 is 0 Å². The van der Waals surface area contributed by atoms with Gasteiger partial charge in [-0.25, -0.2) is 0 Å². The highest BCUT2D eigenvalue weighted by atomic mass is 79.9. The van der Waals surface area contributed by atoms with Gasteiger partial charge in [-0.15, -0.1) is 0 Å². The maximum Gasteiger partial charge on any atom is 0.127 e. The average Bonchev–Trinajstić information content (AvgIpc) is 3.05. The molecule has 0 bridgehead atoms. The topological polar surface area (TPSA) is 39.1 Å². The summed E-state index contributed by atoms with van der Waals surface area (Å²) in [6.45, 7) is 5.43.